The number of ether oxygens (including phenoxy) is 1. The van der Waals surface area contributed by atoms with Crippen molar-refractivity contribution in [3.63, 3.8) is 0 Å². The molecule has 1 aromatic rings. The number of carbonyl (C=O) groups excluding carboxylic acids is 3. The van der Waals surface area contributed by atoms with Crippen molar-refractivity contribution in [1.29, 1.82) is 0 Å². The van der Waals surface area contributed by atoms with E-state index in [1.54, 1.807) is 0 Å². The number of carbonyl (C=O) groups is 3. The van der Waals surface area contributed by atoms with Gasteiger partial charge in [-0.1, -0.05) is 41.7 Å². The molecular weight excluding hydrogens is 391 g/mol. The number of anilines is 1. The first-order valence-corrected chi connectivity index (χ1v) is 8.42. The number of ketones is 1. The number of rotatable bonds is 7. The van der Waals surface area contributed by atoms with E-state index in [0.29, 0.717) is 6.42 Å². The third-order valence-electron chi connectivity index (χ3n) is 3.02. The van der Waals surface area contributed by atoms with Gasteiger partial charge in [-0.15, -0.1) is 0 Å². The van der Waals surface area contributed by atoms with E-state index in [-0.39, 0.29) is 38.5 Å². The summed E-state index contributed by atoms with van der Waals surface area (Å²) in [7, 11) is 1.42. The highest BCUT2D eigenvalue weighted by Gasteiger charge is 2.21. The molecule has 9 heteroatoms. The number of amides is 1. The lowest BCUT2D eigenvalue weighted by molar-refractivity contribution is -0.140. The number of halogens is 3. The predicted octanol–water partition coefficient (Wildman–Crippen LogP) is 3.84. The monoisotopic (exact) mass is 406 g/mol. The van der Waals surface area contributed by atoms with Crippen molar-refractivity contribution in [1.82, 2.24) is 5.32 Å². The fraction of sp³-hybridized carbons (Fsp3) is 0.312. The molecule has 0 fully saturated rings. The van der Waals surface area contributed by atoms with Crippen LogP contribution in [-0.2, 0) is 14.3 Å². The Kier molecular flexibility index (Phi) is 8.22. The van der Waals surface area contributed by atoms with Gasteiger partial charge in [0.1, 0.15) is 5.57 Å². The Hall–Kier alpha value is -1.76. The average molecular weight is 408 g/mol. The molecular formula is C16H17Cl3N2O4. The van der Waals surface area contributed by atoms with Crippen molar-refractivity contribution < 1.29 is 19.1 Å². The van der Waals surface area contributed by atoms with Gasteiger partial charge < -0.3 is 15.4 Å². The van der Waals surface area contributed by atoms with E-state index in [1.807, 2.05) is 6.92 Å². The molecule has 1 rings (SSSR count). The Labute approximate surface area is 160 Å². The molecule has 136 valence electrons. The van der Waals surface area contributed by atoms with E-state index in [1.165, 1.54) is 20.0 Å². The van der Waals surface area contributed by atoms with E-state index in [2.05, 4.69) is 10.6 Å². The van der Waals surface area contributed by atoms with E-state index in [0.717, 1.165) is 6.20 Å². The van der Waals surface area contributed by atoms with Gasteiger partial charge in [0.25, 0.3) is 5.91 Å². The van der Waals surface area contributed by atoms with Crippen LogP contribution in [0.5, 0.6) is 0 Å². The fourth-order valence-electron chi connectivity index (χ4n) is 1.76. The van der Waals surface area contributed by atoms with Crippen molar-refractivity contribution >= 4 is 58.1 Å². The molecule has 0 saturated carbocycles. The minimum absolute atomic E-state index is 0.00479. The molecule has 25 heavy (non-hydrogen) atoms. The summed E-state index contributed by atoms with van der Waals surface area (Å²) >= 11 is 18.2. The van der Waals surface area contributed by atoms with Crippen LogP contribution in [0, 0.1) is 0 Å². The molecule has 0 atom stereocenters. The smallest absolute Gasteiger partial charge is 0.343 e. The number of Topliss-reactive ketones (excluding diaryl/α,β-unsaturated/α-hetero) is 1. The fourth-order valence-corrected chi connectivity index (χ4v) is 2.54. The van der Waals surface area contributed by atoms with Gasteiger partial charge in [0.15, 0.2) is 5.78 Å². The molecule has 0 radical (unpaired) electrons. The van der Waals surface area contributed by atoms with E-state index in [4.69, 9.17) is 39.5 Å². The lowest BCUT2D eigenvalue weighted by Crippen LogP contribution is -2.19. The Bertz CT molecular complexity index is 733. The zero-order valence-corrected chi connectivity index (χ0v) is 16.1. The maximum absolute atomic E-state index is 11.9. The van der Waals surface area contributed by atoms with E-state index in [9.17, 15) is 14.4 Å². The largest absolute Gasteiger partial charge is 0.462 e. The van der Waals surface area contributed by atoms with Crippen molar-refractivity contribution in [2.45, 2.75) is 20.3 Å². The number of benzene rings is 1. The van der Waals surface area contributed by atoms with Gasteiger partial charge in [0, 0.05) is 13.2 Å². The second-order valence-corrected chi connectivity index (χ2v) is 6.05. The summed E-state index contributed by atoms with van der Waals surface area (Å²) in [5, 5.41) is 5.18. The Morgan fingerprint density at radius 2 is 1.84 bits per heavy atom. The molecule has 2 N–H and O–H groups in total. The third-order valence-corrected chi connectivity index (χ3v) is 4.20. The molecule has 0 aliphatic carbocycles. The lowest BCUT2D eigenvalue weighted by Gasteiger charge is -2.13. The van der Waals surface area contributed by atoms with E-state index >= 15 is 0 Å². The van der Waals surface area contributed by atoms with Gasteiger partial charge in [0.05, 0.1) is 32.9 Å². The SMILES string of the molecule is CCCOC(=O)C(=CNc1cc(Cl)c(Cl)c(C(=O)NC)c1Cl)C(C)=O. The standard InChI is InChI=1S/C16H17Cl3N2O4/c1-4-5-25-16(24)9(8(2)22)7-21-11-6-10(17)13(18)12(14(11)19)15(23)20-3/h6-7,21H,4-5H2,1-3H3,(H,20,23). The summed E-state index contributed by atoms with van der Waals surface area (Å²) in [6.07, 6.45) is 1.78. The van der Waals surface area contributed by atoms with Crippen molar-refractivity contribution in [3.05, 3.63) is 38.5 Å². The molecule has 0 unspecified atom stereocenters. The van der Waals surface area contributed by atoms with Crippen LogP contribution >= 0.6 is 34.8 Å². The van der Waals surface area contributed by atoms with E-state index < -0.39 is 17.7 Å². The summed E-state index contributed by atoms with van der Waals surface area (Å²) in [4.78, 5) is 35.5. The Morgan fingerprint density at radius 3 is 2.36 bits per heavy atom. The zero-order chi connectivity index (χ0) is 19.1. The van der Waals surface area contributed by atoms with Gasteiger partial charge >= 0.3 is 5.97 Å². The van der Waals surface area contributed by atoms with Crippen molar-refractivity contribution in [2.24, 2.45) is 0 Å². The first kappa shape index (κ1) is 21.3. The van der Waals surface area contributed by atoms with Crippen LogP contribution in [0.15, 0.2) is 17.8 Å². The molecule has 1 amide bonds. The molecule has 1 aromatic carbocycles. The molecule has 0 saturated heterocycles. The Balaban J connectivity index is 3.24. The first-order chi connectivity index (χ1) is 11.7. The van der Waals surface area contributed by atoms with Crippen LogP contribution in [0.1, 0.15) is 30.6 Å². The van der Waals surface area contributed by atoms with Crippen LogP contribution < -0.4 is 10.6 Å². The minimum Gasteiger partial charge on any atom is -0.462 e. The molecule has 6 nitrogen and oxygen atoms in total. The maximum Gasteiger partial charge on any atom is 0.343 e. The van der Waals surface area contributed by atoms with Gasteiger partial charge in [-0.25, -0.2) is 4.79 Å². The van der Waals surface area contributed by atoms with Gasteiger partial charge in [-0.3, -0.25) is 9.59 Å². The highest BCUT2D eigenvalue weighted by atomic mass is 35.5. The summed E-state index contributed by atoms with van der Waals surface area (Å²) in [6, 6.07) is 1.38. The molecule has 0 aliphatic rings. The quantitative estimate of drug-likeness (QED) is 0.236. The number of nitrogens with one attached hydrogen (secondary N) is 2. The van der Waals surface area contributed by atoms with Gasteiger partial charge in [0.2, 0.25) is 0 Å². The molecule has 0 aliphatic heterocycles. The summed E-state index contributed by atoms with van der Waals surface area (Å²) in [5.74, 6) is -1.78. The molecule has 0 spiro atoms. The van der Waals surface area contributed by atoms with Crippen molar-refractivity contribution in [3.8, 4) is 0 Å². The molecule has 0 aromatic heterocycles. The van der Waals surface area contributed by atoms with Crippen LogP contribution in [0.25, 0.3) is 0 Å². The predicted molar refractivity (Wildman–Crippen MR) is 98.5 cm³/mol. The minimum atomic E-state index is -0.760. The number of hydrogen-bond acceptors (Lipinski definition) is 5. The van der Waals surface area contributed by atoms with Gasteiger partial charge in [-0.2, -0.15) is 0 Å². The van der Waals surface area contributed by atoms with Crippen molar-refractivity contribution in [2.75, 3.05) is 19.0 Å². The second-order valence-electron chi connectivity index (χ2n) is 4.88. The Morgan fingerprint density at radius 1 is 1.20 bits per heavy atom. The number of hydrogen-bond donors (Lipinski definition) is 2. The number of esters is 1. The van der Waals surface area contributed by atoms with Gasteiger partial charge in [-0.05, 0) is 19.4 Å². The second kappa shape index (κ2) is 9.65. The topological polar surface area (TPSA) is 84.5 Å². The lowest BCUT2D eigenvalue weighted by atomic mass is 10.1. The highest BCUT2D eigenvalue weighted by Crippen LogP contribution is 2.37. The summed E-state index contributed by atoms with van der Waals surface area (Å²) < 4.78 is 4.94. The maximum atomic E-state index is 11.9. The van der Waals surface area contributed by atoms with Crippen LogP contribution in [0.4, 0.5) is 5.69 Å². The normalized spacial score (nSPS) is 11.0. The van der Waals surface area contributed by atoms with Crippen LogP contribution in [0.2, 0.25) is 15.1 Å². The first-order valence-electron chi connectivity index (χ1n) is 7.28. The summed E-state index contributed by atoms with van der Waals surface area (Å²) in [6.45, 7) is 3.25. The highest BCUT2D eigenvalue weighted by molar-refractivity contribution is 6.47. The average Bonchev–Trinajstić information content (AvgIpc) is 2.57. The summed E-state index contributed by atoms with van der Waals surface area (Å²) in [5.41, 5.74) is -0.0130. The van der Waals surface area contributed by atoms with Crippen LogP contribution in [-0.4, -0.2) is 31.3 Å². The molecule has 0 bridgehead atoms. The third kappa shape index (κ3) is 5.36. The molecule has 0 heterocycles. The van der Waals surface area contributed by atoms with Crippen LogP contribution in [0.3, 0.4) is 0 Å². The zero-order valence-electron chi connectivity index (χ0n) is 13.8.